The highest BCUT2D eigenvalue weighted by atomic mass is 32.2. The van der Waals surface area contributed by atoms with Crippen molar-refractivity contribution < 1.29 is 31.9 Å². The molecule has 236 valence electrons. The number of anilines is 1. The molecule has 4 N–H and O–H groups in total. The van der Waals surface area contributed by atoms with Gasteiger partial charge in [0.2, 0.25) is 5.78 Å². The molecule has 0 saturated carbocycles. The molecule has 4 aromatic rings. The van der Waals surface area contributed by atoms with Gasteiger partial charge in [0.15, 0.2) is 5.82 Å². The van der Waals surface area contributed by atoms with Crippen molar-refractivity contribution in [3.8, 4) is 11.1 Å². The highest BCUT2D eigenvalue weighted by Gasteiger charge is 2.29. The van der Waals surface area contributed by atoms with Gasteiger partial charge in [-0.05, 0) is 55.0 Å². The van der Waals surface area contributed by atoms with Crippen LogP contribution in [-0.2, 0) is 16.8 Å². The van der Waals surface area contributed by atoms with Gasteiger partial charge in [-0.3, -0.25) is 14.4 Å². The molecule has 45 heavy (non-hydrogen) atoms. The summed E-state index contributed by atoms with van der Waals surface area (Å²) in [5.41, 5.74) is 1.58. The predicted octanol–water partition coefficient (Wildman–Crippen LogP) is 4.72. The number of halogens is 2. The van der Waals surface area contributed by atoms with Crippen LogP contribution >= 0.6 is 0 Å². The smallest absolute Gasteiger partial charge is 0.404 e. The standard InChI is InChI=1S/C31H32F2N6O5S/c32-25-7-8-26(37-45(43,44)39-11-1-2-12-39)28(33)27(25)29(40)24-17-35-30-23(24)15-21(16-34-30)20-5-3-19(4-6-20)18-38-13-9-22(10-14-38)36-31(41)42/h3-8,15-17,22,36-37H,1-2,9-14,18H2,(H,34,35)(H,41,42). The molecule has 2 aliphatic rings. The van der Waals surface area contributed by atoms with E-state index in [9.17, 15) is 22.4 Å². The number of rotatable bonds is 9. The lowest BCUT2D eigenvalue weighted by Crippen LogP contribution is -2.43. The van der Waals surface area contributed by atoms with Gasteiger partial charge in [-0.25, -0.2) is 18.6 Å². The Morgan fingerprint density at radius 3 is 2.40 bits per heavy atom. The van der Waals surface area contributed by atoms with Crippen LogP contribution in [-0.4, -0.2) is 76.8 Å². The van der Waals surface area contributed by atoms with Crippen LogP contribution < -0.4 is 10.0 Å². The summed E-state index contributed by atoms with van der Waals surface area (Å²) in [5.74, 6) is -3.35. The molecule has 1 amide bonds. The molecular formula is C31H32F2N6O5S. The van der Waals surface area contributed by atoms with Gasteiger partial charge in [0.25, 0.3) is 0 Å². The van der Waals surface area contributed by atoms with Gasteiger partial charge in [0, 0.05) is 67.7 Å². The van der Waals surface area contributed by atoms with Gasteiger partial charge in [-0.2, -0.15) is 12.7 Å². The van der Waals surface area contributed by atoms with Gasteiger partial charge >= 0.3 is 16.3 Å². The summed E-state index contributed by atoms with van der Waals surface area (Å²) in [4.78, 5) is 34.0. The van der Waals surface area contributed by atoms with Crippen LogP contribution in [0.3, 0.4) is 0 Å². The van der Waals surface area contributed by atoms with E-state index in [0.717, 1.165) is 55.7 Å². The molecule has 2 aliphatic heterocycles. The maximum Gasteiger partial charge on any atom is 0.404 e. The molecule has 2 aromatic carbocycles. The van der Waals surface area contributed by atoms with E-state index in [1.807, 2.05) is 24.3 Å². The van der Waals surface area contributed by atoms with Crippen LogP contribution in [0, 0.1) is 11.6 Å². The van der Waals surface area contributed by atoms with E-state index < -0.39 is 45.0 Å². The Morgan fingerprint density at radius 1 is 1.00 bits per heavy atom. The third-order valence-corrected chi connectivity index (χ3v) is 9.87. The van der Waals surface area contributed by atoms with Crippen molar-refractivity contribution in [2.45, 2.75) is 38.3 Å². The Hall–Kier alpha value is -4.40. The van der Waals surface area contributed by atoms with Gasteiger partial charge in [-0.15, -0.1) is 0 Å². The molecule has 0 unspecified atom stereocenters. The van der Waals surface area contributed by atoms with Crippen molar-refractivity contribution >= 4 is 38.8 Å². The summed E-state index contributed by atoms with van der Waals surface area (Å²) in [7, 11) is -4.06. The van der Waals surface area contributed by atoms with E-state index in [1.54, 1.807) is 12.3 Å². The van der Waals surface area contributed by atoms with Crippen molar-refractivity contribution in [1.29, 1.82) is 0 Å². The van der Waals surface area contributed by atoms with Gasteiger partial charge in [0.05, 0.1) is 11.3 Å². The zero-order valence-electron chi connectivity index (χ0n) is 24.2. The van der Waals surface area contributed by atoms with E-state index in [0.29, 0.717) is 42.5 Å². The number of amides is 1. The number of fused-ring (bicyclic) bond motifs is 1. The number of aromatic amines is 1. The number of nitrogens with zero attached hydrogens (tertiary/aromatic N) is 3. The fraction of sp³-hybridized carbons (Fsp3) is 0.323. The first kappa shape index (κ1) is 30.6. The lowest BCUT2D eigenvalue weighted by atomic mass is 9.99. The quantitative estimate of drug-likeness (QED) is 0.194. The SMILES string of the molecule is O=C(O)NC1CCN(Cc2ccc(-c3cnc4[nH]cc(C(=O)c5c(F)ccc(NS(=O)(=O)N6CCCC6)c5F)c4c3)cc2)CC1. The molecule has 14 heteroatoms. The Labute approximate surface area is 258 Å². The molecule has 2 aromatic heterocycles. The third-order valence-electron chi connectivity index (χ3n) is 8.35. The fourth-order valence-electron chi connectivity index (χ4n) is 5.93. The average molecular weight is 639 g/mol. The van der Waals surface area contributed by atoms with Crippen molar-refractivity contribution in [2.75, 3.05) is 30.9 Å². The molecule has 6 rings (SSSR count). The first-order chi connectivity index (χ1) is 21.6. The molecule has 11 nitrogen and oxygen atoms in total. The van der Waals surface area contributed by atoms with E-state index in [-0.39, 0.29) is 11.6 Å². The minimum Gasteiger partial charge on any atom is -0.465 e. The Bertz CT molecular complexity index is 1850. The summed E-state index contributed by atoms with van der Waals surface area (Å²) in [5, 5.41) is 11.8. The zero-order valence-corrected chi connectivity index (χ0v) is 25.0. The number of benzene rings is 2. The van der Waals surface area contributed by atoms with Gasteiger partial charge < -0.3 is 15.4 Å². The van der Waals surface area contributed by atoms with Crippen molar-refractivity contribution in [2.24, 2.45) is 0 Å². The number of pyridine rings is 1. The number of aromatic nitrogens is 2. The minimum absolute atomic E-state index is 0.00545. The minimum atomic E-state index is -4.06. The lowest BCUT2D eigenvalue weighted by Gasteiger charge is -2.31. The molecule has 0 spiro atoms. The normalized spacial score (nSPS) is 16.7. The number of H-pyrrole nitrogens is 1. The maximum absolute atomic E-state index is 15.6. The first-order valence-electron chi connectivity index (χ1n) is 14.7. The van der Waals surface area contributed by atoms with Crippen LogP contribution in [0.2, 0.25) is 0 Å². The lowest BCUT2D eigenvalue weighted by molar-refractivity contribution is 0.103. The summed E-state index contributed by atoms with van der Waals surface area (Å²) >= 11 is 0. The number of nitrogens with one attached hydrogen (secondary N) is 3. The van der Waals surface area contributed by atoms with Crippen LogP contribution in [0.5, 0.6) is 0 Å². The average Bonchev–Trinajstić information content (AvgIpc) is 3.71. The number of likely N-dealkylation sites (tertiary alicyclic amines) is 1. The zero-order chi connectivity index (χ0) is 31.7. The molecule has 0 bridgehead atoms. The van der Waals surface area contributed by atoms with Gasteiger partial charge in [-0.1, -0.05) is 24.3 Å². The summed E-state index contributed by atoms with van der Waals surface area (Å²) < 4.78 is 59.2. The summed E-state index contributed by atoms with van der Waals surface area (Å²) in [6.07, 6.45) is 4.84. The number of carboxylic acid groups (broad SMARTS) is 1. The molecular weight excluding hydrogens is 606 g/mol. The van der Waals surface area contributed by atoms with Crippen LogP contribution in [0.15, 0.2) is 54.9 Å². The molecule has 0 radical (unpaired) electrons. The largest absolute Gasteiger partial charge is 0.465 e. The van der Waals surface area contributed by atoms with E-state index in [1.165, 1.54) is 10.5 Å². The highest BCUT2D eigenvalue weighted by molar-refractivity contribution is 7.90. The number of hydrogen-bond donors (Lipinski definition) is 4. The van der Waals surface area contributed by atoms with E-state index in [4.69, 9.17) is 5.11 Å². The van der Waals surface area contributed by atoms with Crippen LogP contribution in [0.1, 0.15) is 47.2 Å². The second-order valence-electron chi connectivity index (χ2n) is 11.3. The summed E-state index contributed by atoms with van der Waals surface area (Å²) in [6.45, 7) is 2.88. The van der Waals surface area contributed by atoms with Crippen LogP contribution in [0.4, 0.5) is 19.3 Å². The van der Waals surface area contributed by atoms with Crippen molar-refractivity contribution in [3.05, 3.63) is 83.2 Å². The van der Waals surface area contributed by atoms with Crippen molar-refractivity contribution in [1.82, 2.24) is 24.5 Å². The summed E-state index contributed by atoms with van der Waals surface area (Å²) in [6, 6.07) is 11.4. The Kier molecular flexibility index (Phi) is 8.53. The molecule has 4 heterocycles. The third kappa shape index (κ3) is 6.53. The van der Waals surface area contributed by atoms with Crippen LogP contribution in [0.25, 0.3) is 22.2 Å². The van der Waals surface area contributed by atoms with E-state index in [2.05, 4.69) is 24.9 Å². The predicted molar refractivity (Wildman–Crippen MR) is 164 cm³/mol. The number of piperidine rings is 1. The molecule has 0 atom stereocenters. The number of carbonyl (C=O) groups is 2. The Morgan fingerprint density at radius 2 is 1.71 bits per heavy atom. The maximum atomic E-state index is 15.6. The monoisotopic (exact) mass is 638 g/mol. The topological polar surface area (TPSA) is 148 Å². The first-order valence-corrected chi connectivity index (χ1v) is 16.1. The highest BCUT2D eigenvalue weighted by Crippen LogP contribution is 2.30. The molecule has 2 saturated heterocycles. The molecule has 2 fully saturated rings. The van der Waals surface area contributed by atoms with E-state index >= 15 is 4.39 Å². The van der Waals surface area contributed by atoms with Crippen molar-refractivity contribution in [3.63, 3.8) is 0 Å². The second kappa shape index (κ2) is 12.5. The number of ketones is 1. The second-order valence-corrected chi connectivity index (χ2v) is 13.0. The number of hydrogen-bond acceptors (Lipinski definition) is 6. The Balaban J connectivity index is 1.20. The molecule has 0 aliphatic carbocycles. The number of carbonyl (C=O) groups excluding carboxylic acids is 1. The fourth-order valence-corrected chi connectivity index (χ4v) is 7.23. The van der Waals surface area contributed by atoms with Gasteiger partial charge in [0.1, 0.15) is 11.5 Å².